The Morgan fingerprint density at radius 2 is 1.44 bits per heavy atom. The summed E-state index contributed by atoms with van der Waals surface area (Å²) in [6, 6.07) is 2.59. The van der Waals surface area contributed by atoms with Crippen molar-refractivity contribution in [3.05, 3.63) is 0 Å². The van der Waals surface area contributed by atoms with Crippen molar-refractivity contribution in [1.29, 1.82) is 0 Å². The molecule has 3 nitrogen and oxygen atoms in total. The minimum absolute atomic E-state index is 0.728. The van der Waals surface area contributed by atoms with E-state index in [4.69, 9.17) is 0 Å². The van der Waals surface area contributed by atoms with Crippen LogP contribution in [0.5, 0.6) is 0 Å². The molecule has 0 N–H and O–H groups in total. The smallest absolute Gasteiger partial charge is 0.0351 e. The molecule has 3 rings (SSSR count). The van der Waals surface area contributed by atoms with Crippen LogP contribution >= 0.6 is 0 Å². The zero-order chi connectivity index (χ0) is 11.1. The third-order valence-electron chi connectivity index (χ3n) is 4.55. The standard InChI is InChI=1S/C13H25N3/c1-11(2)14-5-7-15(8-6-14)13-9-16(10-13)12-3-4-12/h11-13H,3-10H2,1-2H3. The Hall–Kier alpha value is -0.120. The summed E-state index contributed by atoms with van der Waals surface area (Å²) in [5, 5.41) is 0. The van der Waals surface area contributed by atoms with Crippen LogP contribution in [0.15, 0.2) is 0 Å². The fourth-order valence-electron chi connectivity index (χ4n) is 3.08. The van der Waals surface area contributed by atoms with Gasteiger partial charge in [0.1, 0.15) is 0 Å². The first kappa shape index (κ1) is 11.0. The van der Waals surface area contributed by atoms with Crippen molar-refractivity contribution in [2.45, 2.75) is 44.8 Å². The Morgan fingerprint density at radius 3 is 1.94 bits per heavy atom. The van der Waals surface area contributed by atoms with Gasteiger partial charge in [0.05, 0.1) is 0 Å². The maximum Gasteiger partial charge on any atom is 0.0351 e. The fourth-order valence-corrected chi connectivity index (χ4v) is 3.08. The normalized spacial score (nSPS) is 30.9. The predicted molar refractivity (Wildman–Crippen MR) is 66.7 cm³/mol. The molecule has 3 heteroatoms. The molecule has 0 amide bonds. The van der Waals surface area contributed by atoms with Crippen molar-refractivity contribution in [2.24, 2.45) is 0 Å². The molecule has 2 heterocycles. The molecule has 0 aromatic carbocycles. The summed E-state index contributed by atoms with van der Waals surface area (Å²) in [6.07, 6.45) is 2.93. The van der Waals surface area contributed by atoms with Crippen molar-refractivity contribution in [3.8, 4) is 0 Å². The molecule has 16 heavy (non-hydrogen) atoms. The molecule has 0 atom stereocenters. The van der Waals surface area contributed by atoms with Crippen LogP contribution in [-0.4, -0.2) is 72.1 Å². The fraction of sp³-hybridized carbons (Fsp3) is 1.00. The third-order valence-corrected chi connectivity index (χ3v) is 4.55. The maximum atomic E-state index is 2.72. The molecule has 0 spiro atoms. The Kier molecular flexibility index (Phi) is 2.94. The zero-order valence-electron chi connectivity index (χ0n) is 10.7. The second-order valence-electron chi connectivity index (χ2n) is 6.00. The van der Waals surface area contributed by atoms with Gasteiger partial charge >= 0.3 is 0 Å². The van der Waals surface area contributed by atoms with Gasteiger partial charge in [-0.2, -0.15) is 0 Å². The number of likely N-dealkylation sites (tertiary alicyclic amines) is 1. The first-order chi connectivity index (χ1) is 7.74. The highest BCUT2D eigenvalue weighted by Crippen LogP contribution is 2.32. The van der Waals surface area contributed by atoms with Gasteiger partial charge in [-0.15, -0.1) is 0 Å². The molecule has 2 saturated heterocycles. The van der Waals surface area contributed by atoms with E-state index >= 15 is 0 Å². The summed E-state index contributed by atoms with van der Waals surface area (Å²) in [6.45, 7) is 12.5. The summed E-state index contributed by atoms with van der Waals surface area (Å²) in [5.41, 5.74) is 0. The SMILES string of the molecule is CC(C)N1CCN(C2CN(C3CC3)C2)CC1. The van der Waals surface area contributed by atoms with E-state index in [2.05, 4.69) is 28.5 Å². The zero-order valence-corrected chi connectivity index (χ0v) is 10.7. The second kappa shape index (κ2) is 4.28. The molecule has 92 valence electrons. The molecular weight excluding hydrogens is 198 g/mol. The van der Waals surface area contributed by atoms with Gasteiger partial charge in [-0.25, -0.2) is 0 Å². The van der Waals surface area contributed by atoms with Gasteiger partial charge in [0.15, 0.2) is 0 Å². The maximum absolute atomic E-state index is 2.72. The van der Waals surface area contributed by atoms with Crippen LogP contribution in [-0.2, 0) is 0 Å². The second-order valence-corrected chi connectivity index (χ2v) is 6.00. The number of hydrogen-bond donors (Lipinski definition) is 0. The highest BCUT2D eigenvalue weighted by Gasteiger charge is 2.40. The van der Waals surface area contributed by atoms with Crippen molar-refractivity contribution in [3.63, 3.8) is 0 Å². The minimum atomic E-state index is 0.728. The Labute approximate surface area is 99.4 Å². The van der Waals surface area contributed by atoms with E-state index in [0.717, 1.165) is 18.1 Å². The van der Waals surface area contributed by atoms with Crippen molar-refractivity contribution >= 4 is 0 Å². The quantitative estimate of drug-likeness (QED) is 0.702. The monoisotopic (exact) mass is 223 g/mol. The first-order valence-corrected chi connectivity index (χ1v) is 6.96. The van der Waals surface area contributed by atoms with Gasteiger partial charge in [-0.05, 0) is 26.7 Å². The molecule has 1 saturated carbocycles. The third kappa shape index (κ3) is 2.13. The van der Waals surface area contributed by atoms with Crippen LogP contribution in [0.2, 0.25) is 0 Å². The largest absolute Gasteiger partial charge is 0.298 e. The van der Waals surface area contributed by atoms with Crippen LogP contribution in [0.1, 0.15) is 26.7 Å². The van der Waals surface area contributed by atoms with Gasteiger partial charge in [-0.3, -0.25) is 14.7 Å². The van der Waals surface area contributed by atoms with E-state index < -0.39 is 0 Å². The van der Waals surface area contributed by atoms with Gasteiger partial charge in [0.25, 0.3) is 0 Å². The number of piperazine rings is 1. The average molecular weight is 223 g/mol. The van der Waals surface area contributed by atoms with Crippen LogP contribution < -0.4 is 0 Å². The molecule has 0 aromatic heterocycles. The number of nitrogens with zero attached hydrogens (tertiary/aromatic N) is 3. The summed E-state index contributed by atoms with van der Waals surface area (Å²) >= 11 is 0. The van der Waals surface area contributed by atoms with Crippen LogP contribution in [0.25, 0.3) is 0 Å². The van der Waals surface area contributed by atoms with E-state index in [9.17, 15) is 0 Å². The summed E-state index contributed by atoms with van der Waals surface area (Å²) in [4.78, 5) is 8.01. The van der Waals surface area contributed by atoms with Gasteiger partial charge in [-0.1, -0.05) is 0 Å². The summed E-state index contributed by atoms with van der Waals surface area (Å²) in [7, 11) is 0. The first-order valence-electron chi connectivity index (χ1n) is 6.96. The van der Waals surface area contributed by atoms with Crippen LogP contribution in [0.4, 0.5) is 0 Å². The van der Waals surface area contributed by atoms with Crippen molar-refractivity contribution < 1.29 is 0 Å². The molecular formula is C13H25N3. The molecule has 0 unspecified atom stereocenters. The lowest BCUT2D eigenvalue weighted by Crippen LogP contribution is -2.63. The lowest BCUT2D eigenvalue weighted by molar-refractivity contribution is -0.00423. The minimum Gasteiger partial charge on any atom is -0.298 e. The molecule has 3 aliphatic rings. The molecule has 0 aromatic rings. The number of rotatable bonds is 3. The van der Waals surface area contributed by atoms with Crippen molar-refractivity contribution in [1.82, 2.24) is 14.7 Å². The average Bonchev–Trinajstić information content (AvgIpc) is 3.00. The molecule has 3 fully saturated rings. The summed E-state index contributed by atoms with van der Waals surface area (Å²) in [5.74, 6) is 0. The predicted octanol–water partition coefficient (Wildman–Crippen LogP) is 0.859. The topological polar surface area (TPSA) is 9.72 Å². The Bertz CT molecular complexity index is 236. The molecule has 2 aliphatic heterocycles. The van der Waals surface area contributed by atoms with Gasteiger partial charge < -0.3 is 0 Å². The lowest BCUT2D eigenvalue weighted by atomic mass is 10.1. The Balaban J connectivity index is 1.41. The van der Waals surface area contributed by atoms with E-state index in [1.165, 1.54) is 52.1 Å². The van der Waals surface area contributed by atoms with E-state index in [1.807, 2.05) is 0 Å². The number of hydrogen-bond acceptors (Lipinski definition) is 3. The van der Waals surface area contributed by atoms with Crippen LogP contribution in [0.3, 0.4) is 0 Å². The summed E-state index contributed by atoms with van der Waals surface area (Å²) < 4.78 is 0. The van der Waals surface area contributed by atoms with E-state index in [0.29, 0.717) is 0 Å². The van der Waals surface area contributed by atoms with Crippen LogP contribution in [0, 0.1) is 0 Å². The molecule has 0 radical (unpaired) electrons. The Morgan fingerprint density at radius 1 is 0.812 bits per heavy atom. The highest BCUT2D eigenvalue weighted by molar-refractivity contribution is 4.97. The van der Waals surface area contributed by atoms with E-state index in [-0.39, 0.29) is 0 Å². The van der Waals surface area contributed by atoms with E-state index in [1.54, 1.807) is 0 Å². The lowest BCUT2D eigenvalue weighted by Gasteiger charge is -2.49. The highest BCUT2D eigenvalue weighted by atomic mass is 15.4. The molecule has 0 bridgehead atoms. The van der Waals surface area contributed by atoms with Crippen molar-refractivity contribution in [2.75, 3.05) is 39.3 Å². The van der Waals surface area contributed by atoms with Gasteiger partial charge in [0.2, 0.25) is 0 Å². The molecule has 1 aliphatic carbocycles. The van der Waals surface area contributed by atoms with Gasteiger partial charge in [0, 0.05) is 57.4 Å².